The fraction of sp³-hybridized carbons (Fsp3) is 0.500. The van der Waals surface area contributed by atoms with Crippen molar-refractivity contribution in [2.75, 3.05) is 24.6 Å². The Morgan fingerprint density at radius 3 is 2.94 bits per heavy atom. The molecule has 2 rings (SSSR count). The molecular formula is C10H13N3O3. The van der Waals surface area contributed by atoms with E-state index in [-0.39, 0.29) is 5.88 Å². The van der Waals surface area contributed by atoms with Crippen molar-refractivity contribution in [2.45, 2.75) is 12.8 Å². The minimum absolute atomic E-state index is 0.256. The largest absolute Gasteiger partial charge is 0.479 e. The molecule has 1 aliphatic heterocycles. The first-order valence-electron chi connectivity index (χ1n) is 5.18. The SMILES string of the molecule is O=C(O)COc1cc(N2CCCC2)cnn1. The third-order valence-corrected chi connectivity index (χ3v) is 2.43. The van der Waals surface area contributed by atoms with E-state index < -0.39 is 12.6 Å². The van der Waals surface area contributed by atoms with Gasteiger partial charge in [-0.25, -0.2) is 4.79 Å². The summed E-state index contributed by atoms with van der Waals surface area (Å²) in [6.07, 6.45) is 4.01. The van der Waals surface area contributed by atoms with Crippen LogP contribution in [0.4, 0.5) is 5.69 Å². The van der Waals surface area contributed by atoms with Crippen LogP contribution in [0.5, 0.6) is 5.88 Å². The van der Waals surface area contributed by atoms with Crippen molar-refractivity contribution in [1.29, 1.82) is 0 Å². The van der Waals surface area contributed by atoms with Crippen LogP contribution in [0.3, 0.4) is 0 Å². The summed E-state index contributed by atoms with van der Waals surface area (Å²) >= 11 is 0. The van der Waals surface area contributed by atoms with E-state index in [0.29, 0.717) is 0 Å². The smallest absolute Gasteiger partial charge is 0.341 e. The van der Waals surface area contributed by atoms with Crippen molar-refractivity contribution in [3.05, 3.63) is 12.3 Å². The first-order valence-corrected chi connectivity index (χ1v) is 5.18. The molecule has 86 valence electrons. The number of nitrogens with zero attached hydrogens (tertiary/aromatic N) is 3. The molecule has 0 saturated carbocycles. The van der Waals surface area contributed by atoms with Gasteiger partial charge in [0.2, 0.25) is 5.88 Å². The molecule has 1 aromatic heterocycles. The molecule has 0 bridgehead atoms. The lowest BCUT2D eigenvalue weighted by Crippen LogP contribution is -2.18. The Hall–Kier alpha value is -1.85. The van der Waals surface area contributed by atoms with Gasteiger partial charge in [0, 0.05) is 19.2 Å². The average molecular weight is 223 g/mol. The van der Waals surface area contributed by atoms with Gasteiger partial charge in [0.1, 0.15) is 0 Å². The van der Waals surface area contributed by atoms with Gasteiger partial charge in [0.15, 0.2) is 6.61 Å². The number of ether oxygens (including phenoxy) is 1. The number of aliphatic carboxylic acids is 1. The number of anilines is 1. The maximum absolute atomic E-state index is 10.3. The van der Waals surface area contributed by atoms with Gasteiger partial charge < -0.3 is 14.7 Å². The Balaban J connectivity index is 2.03. The van der Waals surface area contributed by atoms with Gasteiger partial charge in [-0.15, -0.1) is 5.10 Å². The molecule has 1 saturated heterocycles. The lowest BCUT2D eigenvalue weighted by Gasteiger charge is -2.16. The maximum Gasteiger partial charge on any atom is 0.341 e. The van der Waals surface area contributed by atoms with E-state index in [0.717, 1.165) is 18.8 Å². The lowest BCUT2D eigenvalue weighted by molar-refractivity contribution is -0.139. The van der Waals surface area contributed by atoms with Crippen molar-refractivity contribution in [3.63, 3.8) is 0 Å². The summed E-state index contributed by atoms with van der Waals surface area (Å²) < 4.78 is 4.97. The minimum atomic E-state index is -1.02. The van der Waals surface area contributed by atoms with Gasteiger partial charge in [-0.3, -0.25) is 0 Å². The second kappa shape index (κ2) is 4.78. The molecule has 1 N–H and O–H groups in total. The summed E-state index contributed by atoms with van der Waals surface area (Å²) in [5, 5.41) is 16.0. The lowest BCUT2D eigenvalue weighted by atomic mass is 10.4. The summed E-state index contributed by atoms with van der Waals surface area (Å²) in [5.74, 6) is -0.764. The Bertz CT molecular complexity index is 377. The van der Waals surface area contributed by atoms with Gasteiger partial charge in [0.05, 0.1) is 11.9 Å². The highest BCUT2D eigenvalue weighted by Gasteiger charge is 2.13. The molecule has 1 fully saturated rings. The van der Waals surface area contributed by atoms with Gasteiger partial charge >= 0.3 is 5.97 Å². The third-order valence-electron chi connectivity index (χ3n) is 2.43. The molecule has 0 atom stereocenters. The number of carboxylic acids is 1. The predicted molar refractivity (Wildman–Crippen MR) is 56.6 cm³/mol. The zero-order chi connectivity index (χ0) is 11.4. The number of hydrogen-bond acceptors (Lipinski definition) is 5. The number of hydrogen-bond donors (Lipinski definition) is 1. The van der Waals surface area contributed by atoms with Crippen LogP contribution in [0.1, 0.15) is 12.8 Å². The molecule has 6 nitrogen and oxygen atoms in total. The van der Waals surface area contributed by atoms with Crippen molar-refractivity contribution in [1.82, 2.24) is 10.2 Å². The van der Waals surface area contributed by atoms with Crippen LogP contribution < -0.4 is 9.64 Å². The van der Waals surface area contributed by atoms with E-state index in [1.807, 2.05) is 0 Å². The molecule has 0 aliphatic carbocycles. The monoisotopic (exact) mass is 223 g/mol. The van der Waals surface area contributed by atoms with Gasteiger partial charge in [-0.1, -0.05) is 0 Å². The van der Waals surface area contributed by atoms with Gasteiger partial charge in [-0.05, 0) is 12.8 Å². The zero-order valence-corrected chi connectivity index (χ0v) is 8.80. The average Bonchev–Trinajstić information content (AvgIpc) is 2.80. The zero-order valence-electron chi connectivity index (χ0n) is 8.80. The second-order valence-corrected chi connectivity index (χ2v) is 3.63. The van der Waals surface area contributed by atoms with Crippen molar-refractivity contribution in [3.8, 4) is 5.88 Å². The quantitative estimate of drug-likeness (QED) is 0.802. The maximum atomic E-state index is 10.3. The molecule has 0 spiro atoms. The fourth-order valence-electron chi connectivity index (χ4n) is 1.69. The van der Waals surface area contributed by atoms with E-state index in [4.69, 9.17) is 9.84 Å². The number of carbonyl (C=O) groups is 1. The molecule has 6 heteroatoms. The Morgan fingerprint density at radius 1 is 1.50 bits per heavy atom. The van der Waals surface area contributed by atoms with Gasteiger partial charge in [-0.2, -0.15) is 5.10 Å². The Labute approximate surface area is 92.9 Å². The van der Waals surface area contributed by atoms with Crippen LogP contribution in [-0.2, 0) is 4.79 Å². The summed E-state index contributed by atoms with van der Waals surface area (Å²) in [5.41, 5.74) is 0.938. The van der Waals surface area contributed by atoms with Crippen LogP contribution in [-0.4, -0.2) is 41.0 Å². The molecule has 0 unspecified atom stereocenters. The number of aromatic nitrogens is 2. The van der Waals surface area contributed by atoms with E-state index in [2.05, 4.69) is 15.1 Å². The highest BCUT2D eigenvalue weighted by atomic mass is 16.5. The molecule has 1 aliphatic rings. The van der Waals surface area contributed by atoms with E-state index >= 15 is 0 Å². The second-order valence-electron chi connectivity index (χ2n) is 3.63. The van der Waals surface area contributed by atoms with Crippen molar-refractivity contribution in [2.24, 2.45) is 0 Å². The van der Waals surface area contributed by atoms with Crippen LogP contribution in [0.2, 0.25) is 0 Å². The number of carboxylic acid groups (broad SMARTS) is 1. The summed E-state index contributed by atoms with van der Waals surface area (Å²) in [4.78, 5) is 12.5. The van der Waals surface area contributed by atoms with E-state index in [1.165, 1.54) is 12.8 Å². The van der Waals surface area contributed by atoms with E-state index in [1.54, 1.807) is 12.3 Å². The highest BCUT2D eigenvalue weighted by Crippen LogP contribution is 2.21. The van der Waals surface area contributed by atoms with Crippen LogP contribution >= 0.6 is 0 Å². The Morgan fingerprint density at radius 2 is 2.25 bits per heavy atom. The summed E-state index contributed by atoms with van der Waals surface area (Å²) in [6, 6.07) is 1.72. The van der Waals surface area contributed by atoms with Gasteiger partial charge in [0.25, 0.3) is 0 Å². The van der Waals surface area contributed by atoms with Crippen LogP contribution in [0.25, 0.3) is 0 Å². The first kappa shape index (κ1) is 10.7. The van der Waals surface area contributed by atoms with Crippen LogP contribution in [0.15, 0.2) is 12.3 Å². The molecule has 0 amide bonds. The van der Waals surface area contributed by atoms with Crippen molar-refractivity contribution >= 4 is 11.7 Å². The summed E-state index contributed by atoms with van der Waals surface area (Å²) in [6.45, 7) is 1.62. The minimum Gasteiger partial charge on any atom is -0.479 e. The molecule has 0 radical (unpaired) electrons. The first-order chi connectivity index (χ1) is 7.75. The molecule has 16 heavy (non-hydrogen) atoms. The third kappa shape index (κ3) is 2.59. The summed E-state index contributed by atoms with van der Waals surface area (Å²) in [7, 11) is 0. The van der Waals surface area contributed by atoms with Crippen molar-refractivity contribution < 1.29 is 14.6 Å². The number of rotatable bonds is 4. The molecular weight excluding hydrogens is 210 g/mol. The topological polar surface area (TPSA) is 75.6 Å². The predicted octanol–water partition coefficient (Wildman–Crippen LogP) is 0.540. The molecule has 2 heterocycles. The Kier molecular flexibility index (Phi) is 3.19. The highest BCUT2D eigenvalue weighted by molar-refractivity contribution is 5.68. The normalized spacial score (nSPS) is 15.1. The van der Waals surface area contributed by atoms with Crippen LogP contribution in [0, 0.1) is 0 Å². The standard InChI is InChI=1S/C10H13N3O3/c14-10(15)7-16-9-5-8(6-11-12-9)13-3-1-2-4-13/h5-6H,1-4,7H2,(H,14,15). The molecule has 0 aromatic carbocycles. The fourth-order valence-corrected chi connectivity index (χ4v) is 1.69. The van der Waals surface area contributed by atoms with E-state index in [9.17, 15) is 4.79 Å². The molecule has 1 aromatic rings.